The van der Waals surface area contributed by atoms with E-state index in [0.29, 0.717) is 0 Å². The molecule has 90 valence electrons. The Balaban J connectivity index is 2.87. The number of hydrogen-bond acceptors (Lipinski definition) is 1. The van der Waals surface area contributed by atoms with Crippen molar-refractivity contribution in [3.05, 3.63) is 35.6 Å². The largest absolute Gasteiger partial charge is 0.319 e. The van der Waals surface area contributed by atoms with Gasteiger partial charge in [-0.1, -0.05) is 32.0 Å². The summed E-state index contributed by atoms with van der Waals surface area (Å²) >= 11 is 0. The maximum Gasteiger partial charge on any atom is 0.126 e. The topological polar surface area (TPSA) is 12.0 Å². The Labute approximate surface area is 98.1 Å². The van der Waals surface area contributed by atoms with Gasteiger partial charge in [-0.2, -0.15) is 0 Å². The van der Waals surface area contributed by atoms with Crippen LogP contribution in [0.1, 0.15) is 32.3 Å². The van der Waals surface area contributed by atoms with Crippen LogP contribution in [0, 0.1) is 11.2 Å². The van der Waals surface area contributed by atoms with Gasteiger partial charge in [0.1, 0.15) is 5.82 Å². The molecule has 1 aromatic carbocycles. The second kappa shape index (κ2) is 6.00. The second-order valence-corrected chi connectivity index (χ2v) is 4.51. The molecule has 0 radical (unpaired) electrons. The van der Waals surface area contributed by atoms with Crippen LogP contribution in [-0.2, 0) is 6.42 Å². The van der Waals surface area contributed by atoms with Crippen LogP contribution in [0.15, 0.2) is 24.3 Å². The highest BCUT2D eigenvalue weighted by molar-refractivity contribution is 5.19. The molecule has 0 atom stereocenters. The van der Waals surface area contributed by atoms with Gasteiger partial charge in [-0.15, -0.1) is 0 Å². The van der Waals surface area contributed by atoms with Crippen LogP contribution in [0.2, 0.25) is 0 Å². The number of hydrogen-bond donors (Lipinski definition) is 1. The summed E-state index contributed by atoms with van der Waals surface area (Å²) in [5.41, 5.74) is 1.01. The first-order valence-electron chi connectivity index (χ1n) is 6.05. The minimum Gasteiger partial charge on any atom is -0.319 e. The summed E-state index contributed by atoms with van der Waals surface area (Å²) in [6.07, 6.45) is 2.95. The Morgan fingerprint density at radius 2 is 1.81 bits per heavy atom. The van der Waals surface area contributed by atoms with Crippen LogP contribution in [0.5, 0.6) is 0 Å². The van der Waals surface area contributed by atoms with Crippen molar-refractivity contribution in [1.82, 2.24) is 5.32 Å². The molecule has 0 aromatic heterocycles. The van der Waals surface area contributed by atoms with Gasteiger partial charge in [0.15, 0.2) is 0 Å². The van der Waals surface area contributed by atoms with Gasteiger partial charge in [0.25, 0.3) is 0 Å². The Hall–Kier alpha value is -0.890. The molecule has 1 aromatic rings. The minimum atomic E-state index is -0.0788. The standard InChI is InChI=1S/C14H22FN/c1-4-14(5-2,11-16-3)10-12-8-6-7-9-13(12)15/h6-9,16H,4-5,10-11H2,1-3H3. The molecule has 1 N–H and O–H groups in total. The van der Waals surface area contributed by atoms with E-state index < -0.39 is 0 Å². The van der Waals surface area contributed by atoms with E-state index in [4.69, 9.17) is 0 Å². The summed E-state index contributed by atoms with van der Waals surface area (Å²) in [4.78, 5) is 0. The van der Waals surface area contributed by atoms with Crippen LogP contribution in [-0.4, -0.2) is 13.6 Å². The molecule has 0 bridgehead atoms. The lowest BCUT2D eigenvalue weighted by molar-refractivity contribution is 0.250. The number of rotatable bonds is 6. The lowest BCUT2D eigenvalue weighted by Crippen LogP contribution is -2.33. The molecule has 0 aliphatic rings. The average Bonchev–Trinajstić information content (AvgIpc) is 2.31. The highest BCUT2D eigenvalue weighted by atomic mass is 19.1. The molecule has 0 saturated carbocycles. The molecule has 0 spiro atoms. The highest BCUT2D eigenvalue weighted by Crippen LogP contribution is 2.31. The Morgan fingerprint density at radius 1 is 1.19 bits per heavy atom. The molecule has 0 unspecified atom stereocenters. The van der Waals surface area contributed by atoms with E-state index in [1.165, 1.54) is 0 Å². The molecular formula is C14H22FN. The van der Waals surface area contributed by atoms with Crippen molar-refractivity contribution in [2.75, 3.05) is 13.6 Å². The zero-order valence-corrected chi connectivity index (χ0v) is 10.5. The number of benzene rings is 1. The van der Waals surface area contributed by atoms with Crippen LogP contribution in [0.4, 0.5) is 4.39 Å². The van der Waals surface area contributed by atoms with Gasteiger partial charge < -0.3 is 5.32 Å². The first-order valence-corrected chi connectivity index (χ1v) is 6.05. The van der Waals surface area contributed by atoms with Crippen molar-refractivity contribution < 1.29 is 4.39 Å². The molecule has 0 saturated heterocycles. The van der Waals surface area contributed by atoms with Crippen LogP contribution >= 0.6 is 0 Å². The number of halogens is 1. The zero-order valence-electron chi connectivity index (χ0n) is 10.5. The van der Waals surface area contributed by atoms with Crippen molar-refractivity contribution in [1.29, 1.82) is 0 Å². The lowest BCUT2D eigenvalue weighted by atomic mass is 9.77. The van der Waals surface area contributed by atoms with E-state index in [-0.39, 0.29) is 11.2 Å². The fourth-order valence-corrected chi connectivity index (χ4v) is 2.23. The molecule has 0 aliphatic heterocycles. The van der Waals surface area contributed by atoms with Crippen molar-refractivity contribution in [2.24, 2.45) is 5.41 Å². The van der Waals surface area contributed by atoms with Gasteiger partial charge >= 0.3 is 0 Å². The first kappa shape index (κ1) is 13.2. The van der Waals surface area contributed by atoms with Crippen LogP contribution in [0.25, 0.3) is 0 Å². The Kier molecular flexibility index (Phi) is 4.94. The van der Waals surface area contributed by atoms with Gasteiger partial charge in [0.2, 0.25) is 0 Å². The van der Waals surface area contributed by atoms with Gasteiger partial charge in [-0.05, 0) is 43.4 Å². The van der Waals surface area contributed by atoms with Gasteiger partial charge in [-0.3, -0.25) is 0 Å². The summed E-state index contributed by atoms with van der Waals surface area (Å²) in [6.45, 7) is 5.30. The first-order chi connectivity index (χ1) is 7.67. The molecular weight excluding hydrogens is 201 g/mol. The summed E-state index contributed by atoms with van der Waals surface area (Å²) in [5, 5.41) is 3.23. The molecule has 0 aliphatic carbocycles. The molecule has 0 fully saturated rings. The van der Waals surface area contributed by atoms with Gasteiger partial charge in [-0.25, -0.2) is 4.39 Å². The quantitative estimate of drug-likeness (QED) is 0.779. The van der Waals surface area contributed by atoms with Gasteiger partial charge in [0.05, 0.1) is 0 Å². The smallest absolute Gasteiger partial charge is 0.126 e. The summed E-state index contributed by atoms with van der Waals surface area (Å²) in [6, 6.07) is 7.10. The van der Waals surface area contributed by atoms with Crippen LogP contribution in [0.3, 0.4) is 0 Å². The average molecular weight is 223 g/mol. The highest BCUT2D eigenvalue weighted by Gasteiger charge is 2.26. The molecule has 16 heavy (non-hydrogen) atoms. The maximum atomic E-state index is 13.6. The zero-order chi connectivity index (χ0) is 12.0. The van der Waals surface area contributed by atoms with E-state index in [1.54, 1.807) is 12.1 Å². The van der Waals surface area contributed by atoms with E-state index in [2.05, 4.69) is 19.2 Å². The molecule has 1 rings (SSSR count). The fourth-order valence-electron chi connectivity index (χ4n) is 2.23. The lowest BCUT2D eigenvalue weighted by Gasteiger charge is -2.31. The third-order valence-corrected chi connectivity index (χ3v) is 3.58. The summed E-state index contributed by atoms with van der Waals surface area (Å²) in [5.74, 6) is -0.0788. The summed E-state index contributed by atoms with van der Waals surface area (Å²) < 4.78 is 13.6. The molecule has 2 heteroatoms. The Bertz CT molecular complexity index is 318. The SMILES string of the molecule is CCC(CC)(CNC)Cc1ccccc1F. The molecule has 0 amide bonds. The maximum absolute atomic E-state index is 13.6. The van der Waals surface area contributed by atoms with E-state index in [0.717, 1.165) is 31.4 Å². The van der Waals surface area contributed by atoms with Crippen molar-refractivity contribution in [3.63, 3.8) is 0 Å². The fraction of sp³-hybridized carbons (Fsp3) is 0.571. The predicted octanol–water partition coefficient (Wildman–Crippen LogP) is 3.39. The predicted molar refractivity (Wildman–Crippen MR) is 67.0 cm³/mol. The van der Waals surface area contributed by atoms with E-state index >= 15 is 0 Å². The molecule has 0 heterocycles. The third-order valence-electron chi connectivity index (χ3n) is 3.58. The second-order valence-electron chi connectivity index (χ2n) is 4.51. The molecule has 1 nitrogen and oxygen atoms in total. The van der Waals surface area contributed by atoms with Crippen molar-refractivity contribution in [3.8, 4) is 0 Å². The van der Waals surface area contributed by atoms with Gasteiger partial charge in [0, 0.05) is 6.54 Å². The Morgan fingerprint density at radius 3 is 2.31 bits per heavy atom. The van der Waals surface area contributed by atoms with Crippen LogP contribution < -0.4 is 5.32 Å². The minimum absolute atomic E-state index is 0.0788. The monoisotopic (exact) mass is 223 g/mol. The normalized spacial score (nSPS) is 11.8. The van der Waals surface area contributed by atoms with Crippen molar-refractivity contribution >= 4 is 0 Å². The van der Waals surface area contributed by atoms with E-state index in [9.17, 15) is 4.39 Å². The van der Waals surface area contributed by atoms with Crippen molar-refractivity contribution in [2.45, 2.75) is 33.1 Å². The van der Waals surface area contributed by atoms with E-state index in [1.807, 2.05) is 19.2 Å². The summed E-state index contributed by atoms with van der Waals surface area (Å²) in [7, 11) is 1.96. The third kappa shape index (κ3) is 3.05. The number of nitrogens with one attached hydrogen (secondary N) is 1.